The van der Waals surface area contributed by atoms with Crippen LogP contribution in [0.4, 0.5) is 0 Å². The Hall–Kier alpha value is -0.800. The van der Waals surface area contributed by atoms with Crippen molar-refractivity contribution >= 4 is 0 Å². The average Bonchev–Trinajstić information content (AvgIpc) is 2.94. The Labute approximate surface area is 110 Å². The van der Waals surface area contributed by atoms with E-state index in [1.807, 2.05) is 6.07 Å². The van der Waals surface area contributed by atoms with Crippen LogP contribution in [0.1, 0.15) is 45.8 Å². The Morgan fingerprint density at radius 3 is 2.61 bits per heavy atom. The number of furan rings is 1. The number of rotatable bonds is 5. The van der Waals surface area contributed by atoms with Crippen molar-refractivity contribution in [3.05, 3.63) is 24.2 Å². The average molecular weight is 250 g/mol. The zero-order valence-electron chi connectivity index (χ0n) is 11.9. The lowest BCUT2D eigenvalue weighted by atomic mass is 9.73. The fourth-order valence-corrected chi connectivity index (χ4v) is 3.64. The fourth-order valence-electron chi connectivity index (χ4n) is 3.64. The molecular formula is C15H26N2O. The van der Waals surface area contributed by atoms with Gasteiger partial charge in [0.15, 0.2) is 0 Å². The van der Waals surface area contributed by atoms with Crippen molar-refractivity contribution in [3.63, 3.8) is 0 Å². The second-order valence-electron chi connectivity index (χ2n) is 6.07. The quantitative estimate of drug-likeness (QED) is 0.873. The zero-order chi connectivity index (χ0) is 13.2. The van der Waals surface area contributed by atoms with E-state index < -0.39 is 0 Å². The predicted octanol–water partition coefficient (Wildman–Crippen LogP) is 3.01. The van der Waals surface area contributed by atoms with E-state index >= 15 is 0 Å². The van der Waals surface area contributed by atoms with Crippen LogP contribution >= 0.6 is 0 Å². The van der Waals surface area contributed by atoms with E-state index in [1.165, 1.54) is 19.3 Å². The van der Waals surface area contributed by atoms with Crippen molar-refractivity contribution < 1.29 is 4.42 Å². The molecule has 1 heterocycles. The van der Waals surface area contributed by atoms with Crippen LogP contribution in [0.3, 0.4) is 0 Å². The molecule has 1 aliphatic rings. The first-order valence-electron chi connectivity index (χ1n) is 7.03. The molecule has 1 aromatic rings. The molecule has 1 aliphatic carbocycles. The van der Waals surface area contributed by atoms with Gasteiger partial charge in [0.2, 0.25) is 0 Å². The highest BCUT2D eigenvalue weighted by atomic mass is 16.3. The van der Waals surface area contributed by atoms with Gasteiger partial charge in [-0.2, -0.15) is 0 Å². The molecule has 1 atom stereocenters. The number of hydrogen-bond acceptors (Lipinski definition) is 3. The third-order valence-corrected chi connectivity index (χ3v) is 4.90. The summed E-state index contributed by atoms with van der Waals surface area (Å²) in [6.07, 6.45) is 5.49. The minimum atomic E-state index is 0.120. The zero-order valence-corrected chi connectivity index (χ0v) is 11.9. The van der Waals surface area contributed by atoms with E-state index in [1.54, 1.807) is 6.26 Å². The Balaban J connectivity index is 2.24. The van der Waals surface area contributed by atoms with Crippen molar-refractivity contribution in [2.24, 2.45) is 11.1 Å². The van der Waals surface area contributed by atoms with Crippen LogP contribution in [-0.4, -0.2) is 23.5 Å². The highest BCUT2D eigenvalue weighted by Crippen LogP contribution is 2.49. The van der Waals surface area contributed by atoms with Gasteiger partial charge in [0.25, 0.3) is 0 Å². The minimum Gasteiger partial charge on any atom is -0.468 e. The second-order valence-corrected chi connectivity index (χ2v) is 6.07. The largest absolute Gasteiger partial charge is 0.468 e. The predicted molar refractivity (Wildman–Crippen MR) is 74.2 cm³/mol. The molecule has 1 unspecified atom stereocenters. The summed E-state index contributed by atoms with van der Waals surface area (Å²) in [5.74, 6) is 1.03. The minimum absolute atomic E-state index is 0.120. The molecule has 1 saturated carbocycles. The molecule has 3 heteroatoms. The van der Waals surface area contributed by atoms with Gasteiger partial charge >= 0.3 is 0 Å². The molecule has 0 amide bonds. The highest BCUT2D eigenvalue weighted by molar-refractivity contribution is 5.09. The summed E-state index contributed by atoms with van der Waals surface area (Å²) in [7, 11) is 0. The Morgan fingerprint density at radius 1 is 1.39 bits per heavy atom. The maximum absolute atomic E-state index is 6.18. The fraction of sp³-hybridized carbons (Fsp3) is 0.733. The standard InChI is InChI=1S/C15H26N2O/c1-4-17(11-13-7-5-10-18-13)15(12-16)9-6-8-14(15,2)3/h5,7,10H,4,6,8-9,11-12,16H2,1-3H3. The molecule has 0 aromatic carbocycles. The summed E-state index contributed by atoms with van der Waals surface area (Å²) in [6, 6.07) is 4.01. The van der Waals surface area contributed by atoms with E-state index in [2.05, 4.69) is 31.7 Å². The molecule has 1 fully saturated rings. The van der Waals surface area contributed by atoms with Crippen molar-refractivity contribution in [3.8, 4) is 0 Å². The molecule has 2 N–H and O–H groups in total. The lowest BCUT2D eigenvalue weighted by molar-refractivity contribution is 0.00579. The van der Waals surface area contributed by atoms with Gasteiger partial charge in [0.05, 0.1) is 12.8 Å². The van der Waals surface area contributed by atoms with Gasteiger partial charge in [-0.25, -0.2) is 0 Å². The summed E-state index contributed by atoms with van der Waals surface area (Å²) in [5.41, 5.74) is 6.58. The van der Waals surface area contributed by atoms with E-state index in [4.69, 9.17) is 10.2 Å². The lowest BCUT2D eigenvalue weighted by Crippen LogP contribution is -2.59. The van der Waals surface area contributed by atoms with Crippen LogP contribution in [0.2, 0.25) is 0 Å². The number of hydrogen-bond donors (Lipinski definition) is 1. The van der Waals surface area contributed by atoms with Crippen LogP contribution < -0.4 is 5.73 Å². The normalized spacial score (nSPS) is 26.9. The number of nitrogens with zero attached hydrogens (tertiary/aromatic N) is 1. The van der Waals surface area contributed by atoms with Crippen LogP contribution in [0.15, 0.2) is 22.8 Å². The Morgan fingerprint density at radius 2 is 2.17 bits per heavy atom. The van der Waals surface area contributed by atoms with E-state index in [-0.39, 0.29) is 11.0 Å². The van der Waals surface area contributed by atoms with E-state index in [9.17, 15) is 0 Å². The number of likely N-dealkylation sites (N-methyl/N-ethyl adjacent to an activating group) is 1. The van der Waals surface area contributed by atoms with Crippen molar-refractivity contribution in [1.82, 2.24) is 4.90 Å². The molecule has 0 spiro atoms. The maximum Gasteiger partial charge on any atom is 0.117 e. The van der Waals surface area contributed by atoms with Gasteiger partial charge in [-0.15, -0.1) is 0 Å². The summed E-state index contributed by atoms with van der Waals surface area (Å²) < 4.78 is 5.50. The van der Waals surface area contributed by atoms with Gasteiger partial charge in [0, 0.05) is 12.1 Å². The maximum atomic E-state index is 6.18. The van der Waals surface area contributed by atoms with Crippen molar-refractivity contribution in [1.29, 1.82) is 0 Å². The molecule has 3 nitrogen and oxygen atoms in total. The van der Waals surface area contributed by atoms with Crippen molar-refractivity contribution in [2.45, 2.75) is 52.1 Å². The third kappa shape index (κ3) is 2.10. The molecule has 2 rings (SSSR count). The second kappa shape index (κ2) is 5.06. The summed E-state index contributed by atoms with van der Waals surface area (Å²) in [5, 5.41) is 0. The van der Waals surface area contributed by atoms with E-state index in [0.717, 1.165) is 25.4 Å². The summed E-state index contributed by atoms with van der Waals surface area (Å²) in [6.45, 7) is 9.55. The molecule has 1 aromatic heterocycles. The topological polar surface area (TPSA) is 42.4 Å². The molecular weight excluding hydrogens is 224 g/mol. The summed E-state index contributed by atoms with van der Waals surface area (Å²) >= 11 is 0. The van der Waals surface area contributed by atoms with Gasteiger partial charge in [-0.05, 0) is 36.9 Å². The molecule has 18 heavy (non-hydrogen) atoms. The Bertz CT molecular complexity index is 372. The molecule has 0 bridgehead atoms. The smallest absolute Gasteiger partial charge is 0.117 e. The first kappa shape index (κ1) is 13.6. The van der Waals surface area contributed by atoms with Crippen LogP contribution in [0.25, 0.3) is 0 Å². The lowest BCUT2D eigenvalue weighted by Gasteiger charge is -2.49. The van der Waals surface area contributed by atoms with Gasteiger partial charge < -0.3 is 10.2 Å². The number of nitrogens with two attached hydrogens (primary N) is 1. The van der Waals surface area contributed by atoms with Crippen molar-refractivity contribution in [2.75, 3.05) is 13.1 Å². The Kier molecular flexibility index (Phi) is 3.83. The van der Waals surface area contributed by atoms with Crippen LogP contribution in [-0.2, 0) is 6.54 Å². The molecule has 0 aliphatic heterocycles. The monoisotopic (exact) mass is 250 g/mol. The van der Waals surface area contributed by atoms with Crippen LogP contribution in [0.5, 0.6) is 0 Å². The molecule has 102 valence electrons. The molecule has 0 saturated heterocycles. The summed E-state index contributed by atoms with van der Waals surface area (Å²) in [4.78, 5) is 2.51. The molecule has 0 radical (unpaired) electrons. The highest BCUT2D eigenvalue weighted by Gasteiger charge is 2.51. The van der Waals surface area contributed by atoms with Gasteiger partial charge in [-0.3, -0.25) is 4.90 Å². The SMILES string of the molecule is CCN(Cc1ccco1)C1(CN)CCCC1(C)C. The van der Waals surface area contributed by atoms with Gasteiger partial charge in [-0.1, -0.05) is 27.2 Å². The van der Waals surface area contributed by atoms with Crippen LogP contribution in [0, 0.1) is 5.41 Å². The first-order chi connectivity index (χ1) is 8.55. The first-order valence-corrected chi connectivity index (χ1v) is 7.03. The van der Waals surface area contributed by atoms with Gasteiger partial charge in [0.1, 0.15) is 5.76 Å². The third-order valence-electron chi connectivity index (χ3n) is 4.90. The van der Waals surface area contributed by atoms with E-state index in [0.29, 0.717) is 0 Å².